The molecule has 226 valence electrons. The van der Waals surface area contributed by atoms with E-state index in [-0.39, 0.29) is 30.8 Å². The number of fused-ring (bicyclic) bond motifs is 2. The summed E-state index contributed by atoms with van der Waals surface area (Å²) >= 11 is 1.47. The first-order valence-corrected chi connectivity index (χ1v) is 15.1. The van der Waals surface area contributed by atoms with Gasteiger partial charge in [0.1, 0.15) is 23.8 Å². The topological polar surface area (TPSA) is 87.2 Å². The zero-order valence-electron chi connectivity index (χ0n) is 25.0. The smallest absolute Gasteiger partial charge is 0.410 e. The van der Waals surface area contributed by atoms with Gasteiger partial charge in [0.05, 0.1) is 18.9 Å². The number of methoxy groups -OCH3 is 1. The Morgan fingerprint density at radius 3 is 2.63 bits per heavy atom. The lowest BCUT2D eigenvalue weighted by Gasteiger charge is -2.31. The minimum atomic E-state index is -0.577. The number of pyridine rings is 1. The number of rotatable bonds is 8. The number of thiophene rings is 1. The fourth-order valence-electron chi connectivity index (χ4n) is 5.08. The molecule has 1 aliphatic heterocycles. The molecule has 0 radical (unpaired) electrons. The van der Waals surface area contributed by atoms with Gasteiger partial charge in [-0.15, -0.1) is 11.3 Å². The van der Waals surface area contributed by atoms with Gasteiger partial charge in [-0.1, -0.05) is 12.1 Å². The summed E-state index contributed by atoms with van der Waals surface area (Å²) in [6, 6.07) is 12.3. The lowest BCUT2D eigenvalue weighted by Crippen LogP contribution is -2.39. The molecule has 3 heterocycles. The molecule has 1 amide bonds. The first-order chi connectivity index (χ1) is 20.6. The van der Waals surface area contributed by atoms with Crippen molar-refractivity contribution in [1.29, 1.82) is 0 Å². The van der Waals surface area contributed by atoms with Crippen LogP contribution < -0.4 is 4.74 Å². The van der Waals surface area contributed by atoms with Crippen molar-refractivity contribution in [3.8, 4) is 28.1 Å². The van der Waals surface area contributed by atoms with Gasteiger partial charge in [-0.3, -0.25) is 0 Å². The molecule has 0 spiro atoms. The Morgan fingerprint density at radius 1 is 1.07 bits per heavy atom. The minimum Gasteiger partial charge on any atom is -0.490 e. The van der Waals surface area contributed by atoms with Crippen molar-refractivity contribution in [2.45, 2.75) is 46.3 Å². The predicted octanol–water partition coefficient (Wildman–Crippen LogP) is 7.26. The number of esters is 1. The average molecular weight is 607 g/mol. The Hall–Kier alpha value is -4.02. The van der Waals surface area contributed by atoms with E-state index in [1.807, 2.05) is 44.4 Å². The number of aromatic nitrogens is 1. The largest absolute Gasteiger partial charge is 0.490 e. The van der Waals surface area contributed by atoms with E-state index in [9.17, 15) is 14.0 Å². The highest BCUT2D eigenvalue weighted by Gasteiger charge is 2.28. The van der Waals surface area contributed by atoms with Crippen LogP contribution in [0.4, 0.5) is 9.18 Å². The van der Waals surface area contributed by atoms with Crippen LogP contribution in [0, 0.1) is 5.82 Å². The van der Waals surface area contributed by atoms with Gasteiger partial charge in [-0.2, -0.15) is 0 Å². The number of benzene rings is 2. The van der Waals surface area contributed by atoms with Crippen molar-refractivity contribution in [1.82, 2.24) is 9.88 Å². The molecule has 0 aliphatic carbocycles. The normalized spacial score (nSPS) is 13.1. The number of amides is 1. The summed E-state index contributed by atoms with van der Waals surface area (Å²) in [6.45, 7) is 9.00. The number of ether oxygens (including phenoxy) is 4. The maximum Gasteiger partial charge on any atom is 0.410 e. The molecular formula is C33H35FN2O6S. The summed E-state index contributed by atoms with van der Waals surface area (Å²) in [5, 5.41) is 2.80. The highest BCUT2D eigenvalue weighted by Crippen LogP contribution is 2.43. The Morgan fingerprint density at radius 2 is 1.88 bits per heavy atom. The summed E-state index contributed by atoms with van der Waals surface area (Å²) in [5.41, 5.74) is 4.27. The fraction of sp³-hybridized carbons (Fsp3) is 0.364. The number of hydrogen-bond acceptors (Lipinski definition) is 8. The van der Waals surface area contributed by atoms with Crippen LogP contribution in [0.5, 0.6) is 5.75 Å². The van der Waals surface area contributed by atoms with Gasteiger partial charge >= 0.3 is 12.1 Å². The van der Waals surface area contributed by atoms with Crippen LogP contribution in [-0.4, -0.2) is 61.0 Å². The Bertz CT molecular complexity index is 1660. The molecular weight excluding hydrogens is 571 g/mol. The summed E-state index contributed by atoms with van der Waals surface area (Å²) < 4.78 is 37.1. The van der Waals surface area contributed by atoms with Crippen molar-refractivity contribution in [2.75, 3.05) is 33.5 Å². The molecule has 4 aromatic rings. The molecule has 0 bridgehead atoms. The first kappa shape index (κ1) is 30.4. The quantitative estimate of drug-likeness (QED) is 0.154. The summed E-state index contributed by atoms with van der Waals surface area (Å²) in [7, 11) is 1.56. The highest BCUT2D eigenvalue weighted by atomic mass is 32.1. The molecule has 1 aliphatic rings. The summed E-state index contributed by atoms with van der Waals surface area (Å²) in [6.07, 6.45) is 0.334. The SMILES string of the molecule is CCOC(=O)c1nc(-c2ccc3c(c2)CCN(C(=O)OC(C)(C)C)C3)c2ccsc2c1-c1ccc(F)cc1OCCOC. The van der Waals surface area contributed by atoms with Crippen LogP contribution in [0.15, 0.2) is 47.8 Å². The molecule has 10 heteroatoms. The molecule has 0 fully saturated rings. The standard InChI is InChI=1S/C33H35FN2O6S/c1-6-40-31(37)29-27(24-10-9-23(34)18-26(24)41-15-14-39-5)30-25(12-16-43-30)28(35-29)21-7-8-22-19-36(13-11-20(22)17-21)32(38)42-33(2,3)4/h7-10,12,16-18H,6,11,13-15,19H2,1-5H3. The second-order valence-corrected chi connectivity index (χ2v) is 12.1. The van der Waals surface area contributed by atoms with E-state index < -0.39 is 17.4 Å². The van der Waals surface area contributed by atoms with Crippen LogP contribution in [0.1, 0.15) is 49.3 Å². The lowest BCUT2D eigenvalue weighted by atomic mass is 9.94. The number of nitrogens with zero attached hydrogens (tertiary/aromatic N) is 2. The molecule has 5 rings (SSSR count). The van der Waals surface area contributed by atoms with E-state index in [2.05, 4.69) is 6.07 Å². The molecule has 8 nitrogen and oxygen atoms in total. The van der Waals surface area contributed by atoms with Crippen LogP contribution in [-0.2, 0) is 27.2 Å². The maximum atomic E-state index is 14.3. The van der Waals surface area contributed by atoms with E-state index >= 15 is 0 Å². The van der Waals surface area contributed by atoms with Crippen LogP contribution in [0.25, 0.3) is 32.5 Å². The highest BCUT2D eigenvalue weighted by molar-refractivity contribution is 7.18. The van der Waals surface area contributed by atoms with Crippen molar-refractivity contribution >= 4 is 33.5 Å². The Labute approximate surface area is 254 Å². The van der Waals surface area contributed by atoms with Crippen molar-refractivity contribution in [2.24, 2.45) is 0 Å². The molecule has 0 saturated heterocycles. The summed E-state index contributed by atoms with van der Waals surface area (Å²) in [4.78, 5) is 32.7. The van der Waals surface area contributed by atoms with Gasteiger partial charge in [-0.25, -0.2) is 19.0 Å². The molecule has 2 aromatic carbocycles. The van der Waals surface area contributed by atoms with E-state index in [1.165, 1.54) is 23.5 Å². The molecule has 0 unspecified atom stereocenters. The van der Waals surface area contributed by atoms with Crippen LogP contribution in [0.2, 0.25) is 0 Å². The van der Waals surface area contributed by atoms with E-state index in [0.717, 1.165) is 26.8 Å². The lowest BCUT2D eigenvalue weighted by molar-refractivity contribution is 0.0223. The van der Waals surface area contributed by atoms with Gasteiger partial charge in [-0.05, 0) is 74.9 Å². The molecule has 0 atom stereocenters. The van der Waals surface area contributed by atoms with Crippen LogP contribution >= 0.6 is 11.3 Å². The van der Waals surface area contributed by atoms with E-state index in [4.69, 9.17) is 23.9 Å². The minimum absolute atomic E-state index is 0.129. The van der Waals surface area contributed by atoms with Crippen molar-refractivity contribution in [3.05, 3.63) is 70.5 Å². The van der Waals surface area contributed by atoms with Crippen molar-refractivity contribution < 1.29 is 32.9 Å². The fourth-order valence-corrected chi connectivity index (χ4v) is 6.04. The number of carbonyl (C=O) groups excluding carboxylic acids is 2. The second-order valence-electron chi connectivity index (χ2n) is 11.2. The monoisotopic (exact) mass is 606 g/mol. The Kier molecular flexibility index (Phi) is 8.98. The number of hydrogen-bond donors (Lipinski definition) is 0. The van der Waals surface area contributed by atoms with E-state index in [0.29, 0.717) is 42.9 Å². The van der Waals surface area contributed by atoms with Gasteiger partial charge < -0.3 is 23.8 Å². The van der Waals surface area contributed by atoms with Gasteiger partial charge in [0.15, 0.2) is 5.69 Å². The molecule has 2 aromatic heterocycles. The third kappa shape index (κ3) is 6.65. The number of carbonyl (C=O) groups is 2. The number of halogens is 1. The van der Waals surface area contributed by atoms with Gasteiger partial charge in [0.25, 0.3) is 0 Å². The van der Waals surface area contributed by atoms with Crippen molar-refractivity contribution in [3.63, 3.8) is 0 Å². The second kappa shape index (κ2) is 12.7. The Balaban J connectivity index is 1.59. The zero-order chi connectivity index (χ0) is 30.7. The molecule has 43 heavy (non-hydrogen) atoms. The summed E-state index contributed by atoms with van der Waals surface area (Å²) in [5.74, 6) is -0.748. The van der Waals surface area contributed by atoms with Gasteiger partial charge in [0, 0.05) is 53.0 Å². The maximum absolute atomic E-state index is 14.3. The molecule has 0 N–H and O–H groups in total. The predicted molar refractivity (Wildman–Crippen MR) is 164 cm³/mol. The van der Waals surface area contributed by atoms with E-state index in [1.54, 1.807) is 25.0 Å². The third-order valence-corrected chi connectivity index (χ3v) is 7.91. The van der Waals surface area contributed by atoms with Gasteiger partial charge in [0.2, 0.25) is 0 Å². The average Bonchev–Trinajstić information content (AvgIpc) is 3.45. The first-order valence-electron chi connectivity index (χ1n) is 14.2. The third-order valence-electron chi connectivity index (χ3n) is 6.98. The zero-order valence-corrected chi connectivity index (χ0v) is 25.8. The molecule has 0 saturated carbocycles. The van der Waals surface area contributed by atoms with Crippen LogP contribution in [0.3, 0.4) is 0 Å².